The smallest absolute Gasteiger partial charge is 0.196 e. The highest BCUT2D eigenvalue weighted by molar-refractivity contribution is 9.10. The topological polar surface area (TPSA) is 47.9 Å². The summed E-state index contributed by atoms with van der Waals surface area (Å²) in [4.78, 5) is 0. The first-order chi connectivity index (χ1) is 12.4. The molecule has 0 aliphatic carbocycles. The largest absolute Gasteiger partial charge is 0.508 e. The molecule has 144 valence electrons. The third-order valence-corrected chi connectivity index (χ3v) is 3.69. The molecule has 0 aliphatic rings. The van der Waals surface area contributed by atoms with Crippen molar-refractivity contribution in [3.05, 3.63) is 70.3 Å². The van der Waals surface area contributed by atoms with Gasteiger partial charge in [-0.15, -0.1) is 0 Å². The Bertz CT molecular complexity index is 565. The van der Waals surface area contributed by atoms with E-state index in [0.29, 0.717) is 12.4 Å². The standard InChI is InChI=1S/C10H13BrO2.C6H5BrO.C4H8O/c1-3-12-8(2)13-10-6-4-9(11)5-7-10;7-5-1-3-6(8)4-2-5;1-3-5-4-2/h4-8H,3H2,1-2H3;1-4,8H;3H,1,4H2,2H3. The maximum atomic E-state index is 8.74. The van der Waals surface area contributed by atoms with Crippen LogP contribution < -0.4 is 4.74 Å². The Morgan fingerprint density at radius 3 is 1.81 bits per heavy atom. The quantitative estimate of drug-likeness (QED) is 0.370. The predicted molar refractivity (Wildman–Crippen MR) is 113 cm³/mol. The summed E-state index contributed by atoms with van der Waals surface area (Å²) in [5, 5.41) is 8.74. The van der Waals surface area contributed by atoms with Crippen LogP contribution in [0.5, 0.6) is 11.5 Å². The molecule has 0 spiro atoms. The molecule has 0 saturated heterocycles. The van der Waals surface area contributed by atoms with Crippen molar-refractivity contribution >= 4 is 31.9 Å². The Balaban J connectivity index is 0.000000409. The van der Waals surface area contributed by atoms with Crippen LogP contribution in [0.3, 0.4) is 0 Å². The summed E-state index contributed by atoms with van der Waals surface area (Å²) in [7, 11) is 0. The van der Waals surface area contributed by atoms with E-state index in [2.05, 4.69) is 43.2 Å². The highest BCUT2D eigenvalue weighted by Crippen LogP contribution is 2.17. The monoisotopic (exact) mass is 488 g/mol. The van der Waals surface area contributed by atoms with Crippen molar-refractivity contribution in [3.8, 4) is 11.5 Å². The highest BCUT2D eigenvalue weighted by atomic mass is 79.9. The third-order valence-electron chi connectivity index (χ3n) is 2.63. The summed E-state index contributed by atoms with van der Waals surface area (Å²) in [6.45, 7) is 10.5. The van der Waals surface area contributed by atoms with Crippen LogP contribution in [0.15, 0.2) is 70.3 Å². The van der Waals surface area contributed by atoms with Crippen molar-refractivity contribution < 1.29 is 19.3 Å². The molecule has 26 heavy (non-hydrogen) atoms. The number of ether oxygens (including phenoxy) is 3. The van der Waals surface area contributed by atoms with Crippen molar-refractivity contribution in [1.82, 2.24) is 0 Å². The van der Waals surface area contributed by atoms with Gasteiger partial charge in [-0.3, -0.25) is 0 Å². The predicted octanol–water partition coefficient (Wildman–Crippen LogP) is 6.53. The first-order valence-corrected chi connectivity index (χ1v) is 9.72. The van der Waals surface area contributed by atoms with Gasteiger partial charge in [0.2, 0.25) is 0 Å². The van der Waals surface area contributed by atoms with Crippen molar-refractivity contribution in [2.24, 2.45) is 0 Å². The molecular weight excluding hydrogens is 464 g/mol. The van der Waals surface area contributed by atoms with Gasteiger partial charge in [0.05, 0.1) is 12.9 Å². The molecule has 2 aromatic carbocycles. The lowest BCUT2D eigenvalue weighted by Crippen LogP contribution is -2.15. The average molecular weight is 490 g/mol. The maximum Gasteiger partial charge on any atom is 0.196 e. The lowest BCUT2D eigenvalue weighted by atomic mass is 10.3. The molecule has 0 aliphatic heterocycles. The Hall–Kier alpha value is -1.50. The van der Waals surface area contributed by atoms with Gasteiger partial charge in [0.25, 0.3) is 0 Å². The van der Waals surface area contributed by atoms with Crippen molar-refractivity contribution in [2.75, 3.05) is 13.2 Å². The summed E-state index contributed by atoms with van der Waals surface area (Å²) in [5.74, 6) is 1.12. The number of aromatic hydroxyl groups is 1. The van der Waals surface area contributed by atoms with Gasteiger partial charge in [0.15, 0.2) is 6.29 Å². The second kappa shape index (κ2) is 15.7. The molecule has 1 N–H and O–H groups in total. The average Bonchev–Trinajstić information content (AvgIpc) is 2.62. The SMILES string of the molecule is C=COCC.CCOC(C)Oc1ccc(Br)cc1.Oc1ccc(Br)cc1. The Kier molecular flexibility index (Phi) is 14.8. The zero-order chi connectivity index (χ0) is 19.8. The van der Waals surface area contributed by atoms with Crippen molar-refractivity contribution in [1.29, 1.82) is 0 Å². The first kappa shape index (κ1) is 24.5. The second-order valence-corrected chi connectivity index (χ2v) is 6.52. The van der Waals surface area contributed by atoms with Gasteiger partial charge in [-0.1, -0.05) is 38.4 Å². The van der Waals surface area contributed by atoms with Gasteiger partial charge in [0.1, 0.15) is 11.5 Å². The Morgan fingerprint density at radius 1 is 0.962 bits per heavy atom. The molecule has 0 aromatic heterocycles. The summed E-state index contributed by atoms with van der Waals surface area (Å²) < 4.78 is 17.3. The summed E-state index contributed by atoms with van der Waals surface area (Å²) in [6, 6.07) is 14.5. The molecule has 0 bridgehead atoms. The van der Waals surface area contributed by atoms with E-state index < -0.39 is 0 Å². The number of benzene rings is 2. The second-order valence-electron chi connectivity index (χ2n) is 4.69. The van der Waals surface area contributed by atoms with Crippen molar-refractivity contribution in [2.45, 2.75) is 27.1 Å². The van der Waals surface area contributed by atoms with E-state index in [1.165, 1.54) is 6.26 Å². The molecule has 1 atom stereocenters. The number of halogens is 2. The van der Waals surface area contributed by atoms with Gasteiger partial charge in [-0.2, -0.15) is 0 Å². The number of rotatable bonds is 6. The summed E-state index contributed by atoms with van der Waals surface area (Å²) >= 11 is 6.59. The molecule has 0 fully saturated rings. The van der Waals surface area contributed by atoms with Crippen LogP contribution in [0.4, 0.5) is 0 Å². The Morgan fingerprint density at radius 2 is 1.46 bits per heavy atom. The fourth-order valence-electron chi connectivity index (χ4n) is 1.53. The Labute approximate surface area is 173 Å². The van der Waals surface area contributed by atoms with Gasteiger partial charge in [-0.25, -0.2) is 0 Å². The van der Waals surface area contributed by atoms with Gasteiger partial charge < -0.3 is 19.3 Å². The van der Waals surface area contributed by atoms with Crippen LogP contribution in [-0.4, -0.2) is 24.6 Å². The molecule has 2 rings (SSSR count). The van der Waals surface area contributed by atoms with E-state index in [9.17, 15) is 0 Å². The van der Waals surface area contributed by atoms with Gasteiger partial charge in [-0.05, 0) is 69.3 Å². The zero-order valence-corrected chi connectivity index (χ0v) is 18.5. The normalized spacial score (nSPS) is 10.3. The van der Waals surface area contributed by atoms with Crippen LogP contribution >= 0.6 is 31.9 Å². The fraction of sp³-hybridized carbons (Fsp3) is 0.300. The minimum atomic E-state index is -0.189. The van der Waals surface area contributed by atoms with E-state index in [0.717, 1.165) is 21.3 Å². The van der Waals surface area contributed by atoms with E-state index in [4.69, 9.17) is 14.6 Å². The van der Waals surface area contributed by atoms with Crippen molar-refractivity contribution in [3.63, 3.8) is 0 Å². The molecule has 6 heteroatoms. The summed E-state index contributed by atoms with van der Waals surface area (Å²) in [6.07, 6.45) is 1.24. The summed E-state index contributed by atoms with van der Waals surface area (Å²) in [5.41, 5.74) is 0. The van der Waals surface area contributed by atoms with Gasteiger partial charge >= 0.3 is 0 Å². The lowest BCUT2D eigenvalue weighted by molar-refractivity contribution is -0.0613. The highest BCUT2D eigenvalue weighted by Gasteiger charge is 2.01. The first-order valence-electron chi connectivity index (χ1n) is 8.13. The molecule has 0 radical (unpaired) electrons. The number of phenols is 1. The van der Waals surface area contributed by atoms with E-state index in [1.807, 2.05) is 45.0 Å². The van der Waals surface area contributed by atoms with E-state index >= 15 is 0 Å². The molecular formula is C20H26Br2O4. The fourth-order valence-corrected chi connectivity index (χ4v) is 2.06. The third kappa shape index (κ3) is 13.8. The molecule has 4 nitrogen and oxygen atoms in total. The minimum Gasteiger partial charge on any atom is -0.508 e. The number of hydrogen-bond donors (Lipinski definition) is 1. The zero-order valence-electron chi connectivity index (χ0n) is 15.3. The van der Waals surface area contributed by atoms with Crippen LogP contribution in [0, 0.1) is 0 Å². The van der Waals surface area contributed by atoms with Crippen LogP contribution in [-0.2, 0) is 9.47 Å². The lowest BCUT2D eigenvalue weighted by Gasteiger charge is -2.13. The van der Waals surface area contributed by atoms with E-state index in [1.54, 1.807) is 24.3 Å². The molecule has 1 unspecified atom stereocenters. The molecule has 0 heterocycles. The molecule has 2 aromatic rings. The van der Waals surface area contributed by atoms with Crippen LogP contribution in [0.1, 0.15) is 20.8 Å². The molecule has 0 saturated carbocycles. The number of hydrogen-bond acceptors (Lipinski definition) is 4. The molecule has 0 amide bonds. The van der Waals surface area contributed by atoms with Crippen LogP contribution in [0.2, 0.25) is 0 Å². The number of phenolic OH excluding ortho intramolecular Hbond substituents is 1. The van der Waals surface area contributed by atoms with Gasteiger partial charge in [0, 0.05) is 15.6 Å². The van der Waals surface area contributed by atoms with Crippen LogP contribution in [0.25, 0.3) is 0 Å². The van der Waals surface area contributed by atoms with E-state index in [-0.39, 0.29) is 6.29 Å². The maximum absolute atomic E-state index is 8.74. The minimum absolute atomic E-state index is 0.189.